The maximum atomic E-state index is 12.2. The highest BCUT2D eigenvalue weighted by atomic mass is 16.4. The van der Waals surface area contributed by atoms with E-state index >= 15 is 0 Å². The minimum Gasteiger partial charge on any atom is -0.441 e. The van der Waals surface area contributed by atoms with Crippen LogP contribution in [0.4, 0.5) is 0 Å². The molecule has 0 fully saturated rings. The Labute approximate surface area is 134 Å². The zero-order chi connectivity index (χ0) is 16.1. The van der Waals surface area contributed by atoms with Crippen molar-refractivity contribution in [2.45, 2.75) is 13.3 Å². The summed E-state index contributed by atoms with van der Waals surface area (Å²) in [4.78, 5) is 20.8. The van der Waals surface area contributed by atoms with Gasteiger partial charge in [-0.25, -0.2) is 4.98 Å². The van der Waals surface area contributed by atoms with Crippen molar-refractivity contribution in [2.75, 3.05) is 6.54 Å². The highest BCUT2D eigenvalue weighted by Gasteiger charge is 2.17. The first-order chi connectivity index (χ1) is 11.2. The van der Waals surface area contributed by atoms with Crippen molar-refractivity contribution in [3.63, 3.8) is 0 Å². The Morgan fingerprint density at radius 3 is 2.65 bits per heavy atom. The van der Waals surface area contributed by atoms with Gasteiger partial charge in [0.2, 0.25) is 5.89 Å². The summed E-state index contributed by atoms with van der Waals surface area (Å²) in [7, 11) is 0. The number of aromatic nitrogens is 2. The molecular weight excluding hydrogens is 290 g/mol. The van der Waals surface area contributed by atoms with E-state index in [4.69, 9.17) is 4.42 Å². The first-order valence-electron chi connectivity index (χ1n) is 7.45. The van der Waals surface area contributed by atoms with Gasteiger partial charge in [0.25, 0.3) is 5.91 Å². The highest BCUT2D eigenvalue weighted by molar-refractivity contribution is 5.93. The van der Waals surface area contributed by atoms with Crippen LogP contribution < -0.4 is 5.32 Å². The van der Waals surface area contributed by atoms with Gasteiger partial charge in [-0.05, 0) is 31.2 Å². The third-order valence-electron chi connectivity index (χ3n) is 3.43. The van der Waals surface area contributed by atoms with Gasteiger partial charge in [0.15, 0.2) is 5.69 Å². The van der Waals surface area contributed by atoms with Crippen molar-refractivity contribution in [3.05, 3.63) is 71.9 Å². The number of carbonyl (C=O) groups excluding carboxylic acids is 1. The molecule has 0 saturated heterocycles. The maximum absolute atomic E-state index is 12.2. The van der Waals surface area contributed by atoms with Crippen molar-refractivity contribution in [2.24, 2.45) is 0 Å². The second-order valence-corrected chi connectivity index (χ2v) is 5.12. The van der Waals surface area contributed by atoms with Crippen LogP contribution in [0.1, 0.15) is 21.9 Å². The number of amides is 1. The number of oxazole rings is 1. The van der Waals surface area contributed by atoms with Crippen LogP contribution in [0, 0.1) is 6.92 Å². The molecule has 5 nitrogen and oxygen atoms in total. The average molecular weight is 307 g/mol. The fourth-order valence-electron chi connectivity index (χ4n) is 2.25. The van der Waals surface area contributed by atoms with Crippen molar-refractivity contribution < 1.29 is 9.21 Å². The molecule has 3 aromatic rings. The Kier molecular flexibility index (Phi) is 4.47. The number of benzene rings is 1. The third-order valence-corrected chi connectivity index (χ3v) is 3.43. The van der Waals surface area contributed by atoms with E-state index in [-0.39, 0.29) is 5.91 Å². The largest absolute Gasteiger partial charge is 0.441 e. The molecule has 0 unspecified atom stereocenters. The van der Waals surface area contributed by atoms with Gasteiger partial charge in [0.05, 0.1) is 0 Å². The molecule has 23 heavy (non-hydrogen) atoms. The van der Waals surface area contributed by atoms with Crippen LogP contribution >= 0.6 is 0 Å². The Balaban J connectivity index is 1.65. The zero-order valence-electron chi connectivity index (χ0n) is 12.8. The molecule has 0 aliphatic heterocycles. The summed E-state index contributed by atoms with van der Waals surface area (Å²) in [6.45, 7) is 2.25. The second-order valence-electron chi connectivity index (χ2n) is 5.12. The van der Waals surface area contributed by atoms with Crippen LogP contribution in [0.5, 0.6) is 0 Å². The van der Waals surface area contributed by atoms with Crippen LogP contribution in [0.3, 0.4) is 0 Å². The van der Waals surface area contributed by atoms with E-state index in [0.29, 0.717) is 30.3 Å². The lowest BCUT2D eigenvalue weighted by molar-refractivity contribution is 0.0948. The molecule has 0 spiro atoms. The van der Waals surface area contributed by atoms with E-state index in [1.165, 1.54) is 0 Å². The van der Waals surface area contributed by atoms with Crippen molar-refractivity contribution >= 4 is 5.91 Å². The number of nitrogens with one attached hydrogen (secondary N) is 1. The van der Waals surface area contributed by atoms with Crippen LogP contribution in [-0.4, -0.2) is 22.4 Å². The molecule has 0 aliphatic carbocycles. The van der Waals surface area contributed by atoms with E-state index in [1.807, 2.05) is 48.5 Å². The number of hydrogen-bond acceptors (Lipinski definition) is 4. The first-order valence-corrected chi connectivity index (χ1v) is 7.45. The van der Waals surface area contributed by atoms with Crippen molar-refractivity contribution in [3.8, 4) is 11.5 Å². The third kappa shape index (κ3) is 3.63. The fraction of sp³-hybridized carbons (Fsp3) is 0.167. The molecule has 0 aliphatic rings. The standard InChI is InChI=1S/C18H17N3O2/c1-13-16(21-18(23-13)14-7-3-2-4-8-14)17(22)20-12-10-15-9-5-6-11-19-15/h2-9,11H,10,12H2,1H3,(H,20,22). The number of hydrogen-bond donors (Lipinski definition) is 1. The lowest BCUT2D eigenvalue weighted by atomic mass is 10.2. The van der Waals surface area contributed by atoms with Gasteiger partial charge < -0.3 is 9.73 Å². The van der Waals surface area contributed by atoms with Gasteiger partial charge in [0, 0.05) is 30.4 Å². The molecule has 1 aromatic carbocycles. The van der Waals surface area contributed by atoms with E-state index in [0.717, 1.165) is 11.3 Å². The van der Waals surface area contributed by atoms with E-state index in [2.05, 4.69) is 15.3 Å². The Morgan fingerprint density at radius 1 is 1.13 bits per heavy atom. The molecule has 3 rings (SSSR count). The summed E-state index contributed by atoms with van der Waals surface area (Å²) < 4.78 is 5.60. The molecule has 5 heteroatoms. The number of carbonyl (C=O) groups is 1. The predicted octanol–water partition coefficient (Wildman–Crippen LogP) is 3.02. The van der Waals surface area contributed by atoms with Crippen LogP contribution in [-0.2, 0) is 6.42 Å². The second kappa shape index (κ2) is 6.87. The quantitative estimate of drug-likeness (QED) is 0.786. The van der Waals surface area contributed by atoms with Crippen molar-refractivity contribution in [1.82, 2.24) is 15.3 Å². The fourth-order valence-corrected chi connectivity index (χ4v) is 2.25. The van der Waals surface area contributed by atoms with Gasteiger partial charge in [-0.15, -0.1) is 0 Å². The first kappa shape index (κ1) is 15.0. The van der Waals surface area contributed by atoms with E-state index in [1.54, 1.807) is 13.1 Å². The van der Waals surface area contributed by atoms with Crippen LogP contribution in [0.2, 0.25) is 0 Å². The van der Waals surface area contributed by atoms with Crippen molar-refractivity contribution in [1.29, 1.82) is 0 Å². The predicted molar refractivity (Wildman–Crippen MR) is 87.0 cm³/mol. The normalized spacial score (nSPS) is 10.5. The monoisotopic (exact) mass is 307 g/mol. The lowest BCUT2D eigenvalue weighted by Gasteiger charge is -2.03. The molecule has 116 valence electrons. The molecule has 0 atom stereocenters. The van der Waals surface area contributed by atoms with Gasteiger partial charge in [-0.1, -0.05) is 24.3 Å². The molecule has 0 saturated carbocycles. The zero-order valence-corrected chi connectivity index (χ0v) is 12.8. The molecule has 0 radical (unpaired) electrons. The summed E-state index contributed by atoms with van der Waals surface area (Å²) in [5.74, 6) is 0.738. The number of rotatable bonds is 5. The molecule has 2 aromatic heterocycles. The molecule has 1 amide bonds. The van der Waals surface area contributed by atoms with Gasteiger partial charge in [0.1, 0.15) is 5.76 Å². The van der Waals surface area contributed by atoms with Crippen LogP contribution in [0.15, 0.2) is 59.1 Å². The summed E-state index contributed by atoms with van der Waals surface area (Å²) in [5.41, 5.74) is 2.11. The summed E-state index contributed by atoms with van der Waals surface area (Å²) in [6, 6.07) is 15.3. The molecular formula is C18H17N3O2. The minimum atomic E-state index is -0.232. The van der Waals surface area contributed by atoms with E-state index < -0.39 is 0 Å². The van der Waals surface area contributed by atoms with Gasteiger partial charge in [-0.2, -0.15) is 0 Å². The molecule has 1 N–H and O–H groups in total. The maximum Gasteiger partial charge on any atom is 0.273 e. The smallest absolute Gasteiger partial charge is 0.273 e. The average Bonchev–Trinajstić information content (AvgIpc) is 2.98. The number of aryl methyl sites for hydroxylation is 1. The molecule has 0 bridgehead atoms. The molecule has 2 heterocycles. The Morgan fingerprint density at radius 2 is 1.91 bits per heavy atom. The Hall–Kier alpha value is -2.95. The summed E-state index contributed by atoms with van der Waals surface area (Å²) >= 11 is 0. The summed E-state index contributed by atoms with van der Waals surface area (Å²) in [5, 5.41) is 2.85. The lowest BCUT2D eigenvalue weighted by Crippen LogP contribution is -2.26. The Bertz CT molecular complexity index is 783. The van der Waals surface area contributed by atoms with Gasteiger partial charge in [-0.3, -0.25) is 9.78 Å². The number of pyridine rings is 1. The van der Waals surface area contributed by atoms with Gasteiger partial charge >= 0.3 is 0 Å². The van der Waals surface area contributed by atoms with E-state index in [9.17, 15) is 4.79 Å². The highest BCUT2D eigenvalue weighted by Crippen LogP contribution is 2.21. The SMILES string of the molecule is Cc1oc(-c2ccccc2)nc1C(=O)NCCc1ccccn1. The van der Waals surface area contributed by atoms with Crippen LogP contribution in [0.25, 0.3) is 11.5 Å². The summed E-state index contributed by atoms with van der Waals surface area (Å²) in [6.07, 6.45) is 2.42. The topological polar surface area (TPSA) is 68.0 Å². The minimum absolute atomic E-state index is 0.232. The number of nitrogens with zero attached hydrogens (tertiary/aromatic N) is 2.